The Hall–Kier alpha value is -2.29. The van der Waals surface area contributed by atoms with Crippen LogP contribution in [-0.2, 0) is 9.53 Å². The number of hydrogen-bond donors (Lipinski definition) is 2. The van der Waals surface area contributed by atoms with E-state index in [1.807, 2.05) is 24.3 Å². The van der Waals surface area contributed by atoms with E-state index in [9.17, 15) is 9.18 Å². The minimum absolute atomic E-state index is 0. The average molecular weight is 403 g/mol. The molecule has 0 amide bonds. The number of rotatable bonds is 6. The second-order valence-electron chi connectivity index (χ2n) is 7.56. The fraction of sp³-hybridized carbons (Fsp3) is 0.304. The van der Waals surface area contributed by atoms with Crippen LogP contribution < -0.4 is 24.2 Å². The Kier molecular flexibility index (Phi) is 10.1. The number of nitrogens with zero attached hydrogens (tertiary/aromatic N) is 1. The fourth-order valence-corrected chi connectivity index (χ4v) is 2.61. The number of aromatic amines is 1. The molecule has 30 heavy (non-hydrogen) atoms. The molecule has 0 aliphatic carbocycles. The summed E-state index contributed by atoms with van der Waals surface area (Å²) in [7, 11) is 0. The molecule has 0 fully saturated rings. The Morgan fingerprint density at radius 1 is 1.20 bits per heavy atom. The van der Waals surface area contributed by atoms with Crippen molar-refractivity contribution >= 4 is 23.1 Å². The van der Waals surface area contributed by atoms with Gasteiger partial charge in [0.25, 0.3) is 0 Å². The van der Waals surface area contributed by atoms with Gasteiger partial charge in [-0.05, 0) is 57.1 Å². The third kappa shape index (κ3) is 7.51. The molecular formula is C23H27FLiN3O2-2. The summed E-state index contributed by atoms with van der Waals surface area (Å²) in [5.74, 6) is -0.263. The molecule has 2 aromatic carbocycles. The third-order valence-electron chi connectivity index (χ3n) is 4.08. The van der Waals surface area contributed by atoms with Crippen molar-refractivity contribution in [1.29, 1.82) is 0 Å². The fourth-order valence-electron chi connectivity index (χ4n) is 2.61. The summed E-state index contributed by atoms with van der Waals surface area (Å²) in [4.78, 5) is 9.47. The Morgan fingerprint density at radius 2 is 1.90 bits per heavy atom. The molecule has 0 aliphatic heterocycles. The van der Waals surface area contributed by atoms with E-state index in [-0.39, 0.29) is 36.3 Å². The molecule has 0 spiro atoms. The summed E-state index contributed by atoms with van der Waals surface area (Å²) >= 11 is 0. The van der Waals surface area contributed by atoms with Crippen molar-refractivity contribution in [3.05, 3.63) is 62.1 Å². The summed E-state index contributed by atoms with van der Waals surface area (Å²) in [6.45, 7) is 14.5. The second kappa shape index (κ2) is 11.8. The van der Waals surface area contributed by atoms with Gasteiger partial charge in [0.05, 0.1) is 11.1 Å². The van der Waals surface area contributed by atoms with Crippen molar-refractivity contribution in [3.63, 3.8) is 0 Å². The first-order chi connectivity index (χ1) is 13.8. The van der Waals surface area contributed by atoms with E-state index in [4.69, 9.17) is 0 Å². The molecule has 5 nitrogen and oxygen atoms in total. The molecule has 0 atom stereocenters. The van der Waals surface area contributed by atoms with Gasteiger partial charge >= 0.3 is 18.9 Å². The Bertz CT molecular complexity index is 934. The molecule has 2 N–H and O–H groups in total. The van der Waals surface area contributed by atoms with Crippen molar-refractivity contribution < 1.29 is 32.8 Å². The molecule has 0 aliphatic rings. The molecule has 1 heterocycles. The Labute approximate surface area is 190 Å². The van der Waals surface area contributed by atoms with Gasteiger partial charge < -0.3 is 28.7 Å². The number of benzene rings is 2. The molecule has 0 saturated heterocycles. The molecular weight excluding hydrogens is 376 g/mol. The van der Waals surface area contributed by atoms with Gasteiger partial charge in [-0.3, -0.25) is 5.10 Å². The van der Waals surface area contributed by atoms with Gasteiger partial charge in [-0.2, -0.15) is 17.9 Å². The number of H-pyrrole nitrogens is 1. The zero-order valence-corrected chi connectivity index (χ0v) is 18.1. The number of halogens is 1. The summed E-state index contributed by atoms with van der Waals surface area (Å²) in [6.07, 6.45) is 1.55. The molecule has 0 saturated carbocycles. The minimum Gasteiger partial charge on any atom is -0.649 e. The van der Waals surface area contributed by atoms with E-state index in [1.165, 1.54) is 18.6 Å². The van der Waals surface area contributed by atoms with Gasteiger partial charge in [0, 0.05) is 16.6 Å². The Balaban J connectivity index is 0.000000489. The van der Waals surface area contributed by atoms with Crippen LogP contribution >= 0.6 is 0 Å². The van der Waals surface area contributed by atoms with Crippen LogP contribution in [-0.4, -0.2) is 28.3 Å². The number of carbonyl (C=O) groups excluding carboxylic acids is 1. The normalized spacial score (nSPS) is 10.8. The topological polar surface area (TPSA) is 67.0 Å². The van der Waals surface area contributed by atoms with Crippen LogP contribution in [0.4, 0.5) is 10.1 Å². The van der Waals surface area contributed by atoms with Gasteiger partial charge in [0.15, 0.2) is 0 Å². The maximum absolute atomic E-state index is 13.4. The first-order valence-electron chi connectivity index (χ1n) is 9.41. The molecule has 0 unspecified atom stereocenters. The summed E-state index contributed by atoms with van der Waals surface area (Å²) < 4.78 is 17.8. The first-order valence-corrected chi connectivity index (χ1v) is 9.41. The number of aromatic nitrogens is 2. The van der Waals surface area contributed by atoms with E-state index >= 15 is 0 Å². The maximum Gasteiger partial charge on any atom is 1.00 e. The van der Waals surface area contributed by atoms with Gasteiger partial charge in [0.2, 0.25) is 0 Å². The van der Waals surface area contributed by atoms with E-state index < -0.39 is 0 Å². The molecule has 1 aromatic heterocycles. The molecule has 156 valence electrons. The first kappa shape index (κ1) is 25.7. The van der Waals surface area contributed by atoms with E-state index in [0.29, 0.717) is 0 Å². The maximum atomic E-state index is 13.4. The van der Waals surface area contributed by atoms with Crippen LogP contribution in [0.25, 0.3) is 22.2 Å². The second-order valence-corrected chi connectivity index (χ2v) is 7.56. The quantitative estimate of drug-likeness (QED) is 0.490. The van der Waals surface area contributed by atoms with Crippen LogP contribution in [0.5, 0.6) is 0 Å². The SMILES string of the molecule is CC(C)(C)O[C-]=O.[CH2-]CC(C[CH2-])Nc1ccc2c(-c3cccc(F)c3)n[nH]c2c1.[Li+]. The van der Waals surface area contributed by atoms with Gasteiger partial charge in [-0.1, -0.05) is 18.6 Å². The number of anilines is 1. The number of fused-ring (bicyclic) bond motifs is 1. The summed E-state index contributed by atoms with van der Waals surface area (Å²) in [6, 6.07) is 12.7. The molecule has 0 bridgehead atoms. The standard InChI is InChI=1S/C18H18FN3.C5H9O2.Li/c1-3-14(4-2)20-15-8-9-16-17(11-15)21-22-18(16)12-6-5-7-13(19)10-12;1-5(2,3)7-4-6;/h5-11,14,20H,1-4H2,(H,21,22);1-3H3;/q-2;-1;+1. The van der Waals surface area contributed by atoms with E-state index in [1.54, 1.807) is 26.8 Å². The predicted octanol–water partition coefficient (Wildman–Crippen LogP) is 2.47. The largest absolute Gasteiger partial charge is 1.00 e. The van der Waals surface area contributed by atoms with Crippen LogP contribution in [0.2, 0.25) is 0 Å². The third-order valence-corrected chi connectivity index (χ3v) is 4.08. The smallest absolute Gasteiger partial charge is 0.649 e. The number of nitrogens with one attached hydrogen (secondary N) is 2. The molecule has 3 aromatic rings. The van der Waals surface area contributed by atoms with E-state index in [0.717, 1.165) is 40.7 Å². The van der Waals surface area contributed by atoms with E-state index in [2.05, 4.69) is 34.1 Å². The van der Waals surface area contributed by atoms with Crippen molar-refractivity contribution in [2.45, 2.75) is 45.3 Å². The van der Waals surface area contributed by atoms with Crippen molar-refractivity contribution in [2.75, 3.05) is 5.32 Å². The monoisotopic (exact) mass is 403 g/mol. The van der Waals surface area contributed by atoms with Crippen LogP contribution in [0, 0.1) is 19.7 Å². The molecule has 7 heteroatoms. The van der Waals surface area contributed by atoms with Crippen LogP contribution in [0.3, 0.4) is 0 Å². The molecule has 3 rings (SSSR count). The van der Waals surface area contributed by atoms with Crippen molar-refractivity contribution in [3.8, 4) is 11.3 Å². The Morgan fingerprint density at radius 3 is 2.43 bits per heavy atom. The van der Waals surface area contributed by atoms with Crippen LogP contribution in [0.1, 0.15) is 33.6 Å². The molecule has 0 radical (unpaired) electrons. The average Bonchev–Trinajstić information content (AvgIpc) is 3.09. The number of ether oxygens (including phenoxy) is 1. The summed E-state index contributed by atoms with van der Waals surface area (Å²) in [5, 5.41) is 11.7. The van der Waals surface area contributed by atoms with Crippen LogP contribution in [0.15, 0.2) is 42.5 Å². The van der Waals surface area contributed by atoms with Crippen molar-refractivity contribution in [1.82, 2.24) is 10.2 Å². The zero-order valence-electron chi connectivity index (χ0n) is 18.1. The predicted molar refractivity (Wildman–Crippen MR) is 115 cm³/mol. The number of hydrogen-bond acceptors (Lipinski definition) is 4. The zero-order chi connectivity index (χ0) is 21.4. The van der Waals surface area contributed by atoms with Gasteiger partial charge in [-0.25, -0.2) is 4.39 Å². The minimum atomic E-state index is -0.373. The van der Waals surface area contributed by atoms with Gasteiger partial charge in [-0.15, -0.1) is 0 Å². The summed E-state index contributed by atoms with van der Waals surface area (Å²) in [5.41, 5.74) is 3.06. The van der Waals surface area contributed by atoms with Crippen molar-refractivity contribution in [2.24, 2.45) is 0 Å². The van der Waals surface area contributed by atoms with Gasteiger partial charge in [0.1, 0.15) is 11.5 Å².